The van der Waals surface area contributed by atoms with Gasteiger partial charge in [-0.05, 0) is 45.2 Å². The second-order valence-electron chi connectivity index (χ2n) is 4.69. The predicted octanol–water partition coefficient (Wildman–Crippen LogP) is 1.52. The quantitative estimate of drug-likeness (QED) is 0.691. The molecule has 1 heterocycles. The Morgan fingerprint density at radius 2 is 2.00 bits per heavy atom. The molecule has 2 atom stereocenters. The molecule has 2 nitrogen and oxygen atoms in total. The van der Waals surface area contributed by atoms with Crippen molar-refractivity contribution in [2.24, 2.45) is 5.92 Å². The lowest BCUT2D eigenvalue weighted by Gasteiger charge is -2.23. The Morgan fingerprint density at radius 1 is 1.23 bits per heavy atom. The monoisotopic (exact) mass is 182 g/mol. The van der Waals surface area contributed by atoms with Gasteiger partial charge in [-0.2, -0.15) is 0 Å². The second kappa shape index (κ2) is 4.43. The fraction of sp³-hybridized carbons (Fsp3) is 1.00. The molecule has 0 aromatic rings. The van der Waals surface area contributed by atoms with Crippen LogP contribution in [0.3, 0.4) is 0 Å². The van der Waals surface area contributed by atoms with Crippen LogP contribution in [0.15, 0.2) is 0 Å². The molecule has 2 N–H and O–H groups in total. The number of hydrogen-bond acceptors (Lipinski definition) is 2. The molecule has 1 aliphatic heterocycles. The van der Waals surface area contributed by atoms with E-state index in [-0.39, 0.29) is 0 Å². The standard InChI is InChI=1S/C11H22N2/c1-9(10-6-7-12-8-10)13-11-4-2-3-5-11/h9-13H,2-8H2,1H3. The van der Waals surface area contributed by atoms with E-state index in [2.05, 4.69) is 17.6 Å². The normalized spacial score (nSPS) is 32.5. The SMILES string of the molecule is CC(NC1CCCC1)C1CCNC1. The van der Waals surface area contributed by atoms with Gasteiger partial charge in [0.05, 0.1) is 0 Å². The summed E-state index contributed by atoms with van der Waals surface area (Å²) in [4.78, 5) is 0. The first-order valence-corrected chi connectivity index (χ1v) is 5.83. The van der Waals surface area contributed by atoms with Crippen LogP contribution in [0.4, 0.5) is 0 Å². The minimum absolute atomic E-state index is 0.720. The van der Waals surface area contributed by atoms with Crippen molar-refractivity contribution < 1.29 is 0 Å². The predicted molar refractivity (Wildman–Crippen MR) is 55.8 cm³/mol. The molecule has 2 fully saturated rings. The van der Waals surface area contributed by atoms with E-state index in [1.54, 1.807) is 0 Å². The Hall–Kier alpha value is -0.0800. The third-order valence-electron chi connectivity index (χ3n) is 3.66. The zero-order chi connectivity index (χ0) is 9.10. The van der Waals surface area contributed by atoms with Crippen LogP contribution in [-0.4, -0.2) is 25.2 Å². The summed E-state index contributed by atoms with van der Waals surface area (Å²) in [5.74, 6) is 0.876. The van der Waals surface area contributed by atoms with Crippen LogP contribution in [0.1, 0.15) is 39.0 Å². The van der Waals surface area contributed by atoms with E-state index in [0.29, 0.717) is 0 Å². The van der Waals surface area contributed by atoms with Gasteiger partial charge in [-0.3, -0.25) is 0 Å². The van der Waals surface area contributed by atoms with Crippen LogP contribution >= 0.6 is 0 Å². The van der Waals surface area contributed by atoms with E-state index in [0.717, 1.165) is 18.0 Å². The number of nitrogens with one attached hydrogen (secondary N) is 2. The van der Waals surface area contributed by atoms with E-state index in [1.807, 2.05) is 0 Å². The molecule has 0 radical (unpaired) electrons. The Balaban J connectivity index is 1.73. The van der Waals surface area contributed by atoms with Gasteiger partial charge in [0.2, 0.25) is 0 Å². The van der Waals surface area contributed by atoms with Crippen molar-refractivity contribution in [2.75, 3.05) is 13.1 Å². The minimum Gasteiger partial charge on any atom is -0.316 e. The van der Waals surface area contributed by atoms with Crippen molar-refractivity contribution in [2.45, 2.75) is 51.1 Å². The van der Waals surface area contributed by atoms with Gasteiger partial charge < -0.3 is 10.6 Å². The third kappa shape index (κ3) is 2.44. The molecule has 2 unspecified atom stereocenters. The molecule has 2 rings (SSSR count). The maximum Gasteiger partial charge on any atom is 0.00821 e. The van der Waals surface area contributed by atoms with Gasteiger partial charge in [-0.15, -0.1) is 0 Å². The van der Waals surface area contributed by atoms with E-state index in [4.69, 9.17) is 0 Å². The Labute approximate surface area is 81.5 Å². The molecular weight excluding hydrogens is 160 g/mol. The van der Waals surface area contributed by atoms with Gasteiger partial charge in [-0.25, -0.2) is 0 Å². The van der Waals surface area contributed by atoms with E-state index >= 15 is 0 Å². The molecule has 0 aromatic carbocycles. The molecule has 1 aliphatic carbocycles. The zero-order valence-electron chi connectivity index (χ0n) is 8.68. The molecule has 1 saturated carbocycles. The molecule has 1 saturated heterocycles. The summed E-state index contributed by atoms with van der Waals surface area (Å²) in [6.45, 7) is 4.80. The molecule has 0 amide bonds. The van der Waals surface area contributed by atoms with Gasteiger partial charge in [0.25, 0.3) is 0 Å². The molecule has 0 spiro atoms. The topological polar surface area (TPSA) is 24.1 Å². The highest BCUT2D eigenvalue weighted by Gasteiger charge is 2.24. The van der Waals surface area contributed by atoms with Crippen LogP contribution in [0.2, 0.25) is 0 Å². The lowest BCUT2D eigenvalue weighted by molar-refractivity contribution is 0.355. The maximum absolute atomic E-state index is 3.78. The Kier molecular flexibility index (Phi) is 3.23. The lowest BCUT2D eigenvalue weighted by atomic mass is 9.99. The molecule has 0 bridgehead atoms. The fourth-order valence-electron chi connectivity index (χ4n) is 2.70. The summed E-state index contributed by atoms with van der Waals surface area (Å²) in [7, 11) is 0. The van der Waals surface area contributed by atoms with Gasteiger partial charge >= 0.3 is 0 Å². The average Bonchev–Trinajstić information content (AvgIpc) is 2.74. The molecular formula is C11H22N2. The summed E-state index contributed by atoms with van der Waals surface area (Å²) in [6, 6.07) is 1.55. The van der Waals surface area contributed by atoms with Crippen molar-refractivity contribution in [3.63, 3.8) is 0 Å². The maximum atomic E-state index is 3.78. The smallest absolute Gasteiger partial charge is 0.00821 e. The second-order valence-corrected chi connectivity index (χ2v) is 4.69. The Morgan fingerprint density at radius 3 is 2.62 bits per heavy atom. The van der Waals surface area contributed by atoms with Gasteiger partial charge in [0.1, 0.15) is 0 Å². The summed E-state index contributed by atoms with van der Waals surface area (Å²) in [5, 5.41) is 7.22. The van der Waals surface area contributed by atoms with Crippen molar-refractivity contribution in [3.05, 3.63) is 0 Å². The molecule has 76 valence electrons. The van der Waals surface area contributed by atoms with Crippen molar-refractivity contribution in [1.82, 2.24) is 10.6 Å². The first kappa shape index (κ1) is 9.47. The van der Waals surface area contributed by atoms with Crippen LogP contribution in [-0.2, 0) is 0 Å². The summed E-state index contributed by atoms with van der Waals surface area (Å²) in [5.41, 5.74) is 0. The fourth-order valence-corrected chi connectivity index (χ4v) is 2.70. The van der Waals surface area contributed by atoms with Gasteiger partial charge in [0, 0.05) is 12.1 Å². The van der Waals surface area contributed by atoms with Crippen LogP contribution in [0, 0.1) is 5.92 Å². The van der Waals surface area contributed by atoms with Crippen LogP contribution in [0.25, 0.3) is 0 Å². The summed E-state index contributed by atoms with van der Waals surface area (Å²) < 4.78 is 0. The van der Waals surface area contributed by atoms with Crippen molar-refractivity contribution in [1.29, 1.82) is 0 Å². The van der Waals surface area contributed by atoms with Crippen LogP contribution < -0.4 is 10.6 Å². The van der Waals surface area contributed by atoms with E-state index in [1.165, 1.54) is 45.2 Å². The number of rotatable bonds is 3. The van der Waals surface area contributed by atoms with Gasteiger partial charge in [0.15, 0.2) is 0 Å². The highest BCUT2D eigenvalue weighted by Crippen LogP contribution is 2.20. The molecule has 0 aromatic heterocycles. The first-order chi connectivity index (χ1) is 6.36. The average molecular weight is 182 g/mol. The van der Waals surface area contributed by atoms with Crippen LogP contribution in [0.5, 0.6) is 0 Å². The van der Waals surface area contributed by atoms with E-state index in [9.17, 15) is 0 Å². The lowest BCUT2D eigenvalue weighted by Crippen LogP contribution is -2.40. The Bertz CT molecular complexity index is 146. The largest absolute Gasteiger partial charge is 0.316 e. The highest BCUT2D eigenvalue weighted by molar-refractivity contribution is 4.84. The van der Waals surface area contributed by atoms with Gasteiger partial charge in [-0.1, -0.05) is 12.8 Å². The minimum atomic E-state index is 0.720. The van der Waals surface area contributed by atoms with Crippen molar-refractivity contribution in [3.8, 4) is 0 Å². The summed E-state index contributed by atoms with van der Waals surface area (Å²) in [6.07, 6.45) is 7.05. The van der Waals surface area contributed by atoms with E-state index < -0.39 is 0 Å². The first-order valence-electron chi connectivity index (χ1n) is 5.83. The summed E-state index contributed by atoms with van der Waals surface area (Å²) >= 11 is 0. The molecule has 2 heteroatoms. The zero-order valence-corrected chi connectivity index (χ0v) is 8.68. The molecule has 2 aliphatic rings. The molecule has 13 heavy (non-hydrogen) atoms. The third-order valence-corrected chi connectivity index (χ3v) is 3.66. The van der Waals surface area contributed by atoms with Crippen molar-refractivity contribution >= 4 is 0 Å². The number of hydrogen-bond donors (Lipinski definition) is 2. The highest BCUT2D eigenvalue weighted by atomic mass is 15.0.